The van der Waals surface area contributed by atoms with Gasteiger partial charge < -0.3 is 0 Å². The summed E-state index contributed by atoms with van der Waals surface area (Å²) in [5.41, 5.74) is 2.53. The quantitative estimate of drug-likeness (QED) is 0.429. The molecule has 2 aromatic rings. The maximum absolute atomic E-state index is 13.0. The molecule has 0 unspecified atom stereocenters. The molecule has 1 amide bonds. The Bertz CT molecular complexity index is 982. The fourth-order valence-corrected chi connectivity index (χ4v) is 2.83. The fourth-order valence-electron chi connectivity index (χ4n) is 2.83. The molecule has 1 heterocycles. The Balaban J connectivity index is 1.89. The van der Waals surface area contributed by atoms with Gasteiger partial charge in [-0.15, -0.1) is 0 Å². The maximum atomic E-state index is 13.0. The molecule has 6 nitrogen and oxygen atoms in total. The van der Waals surface area contributed by atoms with E-state index in [9.17, 15) is 14.9 Å². The van der Waals surface area contributed by atoms with E-state index in [0.717, 1.165) is 17.0 Å². The standard InChI is InChI=1S/C22H21N3O3/c1-22(2,3)20-19(21(26)24(23-20)17-9-5-4-6-10-17)11-7-8-16-12-14-18(15-13-16)25(27)28/h4-15H,1-3H3. The van der Waals surface area contributed by atoms with Crippen LogP contribution in [0.15, 0.2) is 77.4 Å². The number of nitro benzene ring substituents is 1. The number of hydrazone groups is 1. The van der Waals surface area contributed by atoms with Crippen molar-refractivity contribution in [1.82, 2.24) is 0 Å². The van der Waals surface area contributed by atoms with Crippen LogP contribution in [0.1, 0.15) is 26.3 Å². The van der Waals surface area contributed by atoms with Crippen molar-refractivity contribution in [3.63, 3.8) is 0 Å². The topological polar surface area (TPSA) is 75.8 Å². The van der Waals surface area contributed by atoms with Crippen LogP contribution in [0.25, 0.3) is 6.08 Å². The van der Waals surface area contributed by atoms with Crippen molar-refractivity contribution >= 4 is 29.1 Å². The lowest BCUT2D eigenvalue weighted by molar-refractivity contribution is -0.384. The summed E-state index contributed by atoms with van der Waals surface area (Å²) in [7, 11) is 0. The molecule has 0 spiro atoms. The van der Waals surface area contributed by atoms with Crippen LogP contribution in [0.3, 0.4) is 0 Å². The Morgan fingerprint density at radius 2 is 1.68 bits per heavy atom. The van der Waals surface area contributed by atoms with E-state index in [4.69, 9.17) is 0 Å². The van der Waals surface area contributed by atoms with Gasteiger partial charge in [-0.1, -0.05) is 51.1 Å². The Hall–Kier alpha value is -3.54. The third kappa shape index (κ3) is 4.06. The van der Waals surface area contributed by atoms with Crippen molar-refractivity contribution in [2.24, 2.45) is 10.5 Å². The van der Waals surface area contributed by atoms with Crippen LogP contribution in [0, 0.1) is 15.5 Å². The van der Waals surface area contributed by atoms with E-state index in [1.54, 1.807) is 30.4 Å². The molecule has 1 aliphatic heterocycles. The summed E-state index contributed by atoms with van der Waals surface area (Å²) in [6, 6.07) is 15.5. The van der Waals surface area contributed by atoms with Crippen LogP contribution in [-0.2, 0) is 4.79 Å². The average Bonchev–Trinajstić information content (AvgIpc) is 3.00. The molecule has 0 saturated heterocycles. The minimum atomic E-state index is -0.434. The molecule has 0 aromatic heterocycles. The second-order valence-electron chi connectivity index (χ2n) is 7.44. The predicted molar refractivity (Wildman–Crippen MR) is 111 cm³/mol. The molecule has 0 saturated carbocycles. The first kappa shape index (κ1) is 19.2. The van der Waals surface area contributed by atoms with Crippen LogP contribution in [-0.4, -0.2) is 16.5 Å². The smallest absolute Gasteiger partial charge is 0.267 e. The highest BCUT2D eigenvalue weighted by atomic mass is 16.6. The summed E-state index contributed by atoms with van der Waals surface area (Å²) in [5.74, 6) is -0.176. The van der Waals surface area contributed by atoms with E-state index >= 15 is 0 Å². The first-order valence-corrected chi connectivity index (χ1v) is 8.89. The lowest BCUT2D eigenvalue weighted by Gasteiger charge is -2.17. The molecule has 0 radical (unpaired) electrons. The molecule has 142 valence electrons. The highest BCUT2D eigenvalue weighted by molar-refractivity contribution is 6.31. The lowest BCUT2D eigenvalue weighted by Crippen LogP contribution is -2.23. The molecule has 2 aromatic carbocycles. The van der Waals surface area contributed by atoms with Gasteiger partial charge >= 0.3 is 0 Å². The molecule has 3 rings (SSSR count). The predicted octanol–water partition coefficient (Wildman–Crippen LogP) is 4.98. The van der Waals surface area contributed by atoms with E-state index in [1.165, 1.54) is 17.1 Å². The summed E-state index contributed by atoms with van der Waals surface area (Å²) >= 11 is 0. The fraction of sp³-hybridized carbons (Fsp3) is 0.182. The highest BCUT2D eigenvalue weighted by Gasteiger charge is 2.36. The molecule has 0 bridgehead atoms. The number of amides is 1. The first-order chi connectivity index (χ1) is 13.3. The third-order valence-electron chi connectivity index (χ3n) is 4.24. The molecule has 0 fully saturated rings. The van der Waals surface area contributed by atoms with Crippen LogP contribution in [0.5, 0.6) is 0 Å². The van der Waals surface area contributed by atoms with Crippen molar-refractivity contribution in [2.75, 3.05) is 5.01 Å². The summed E-state index contributed by atoms with van der Waals surface area (Å²) in [5, 5.41) is 16.7. The number of anilines is 1. The van der Waals surface area contributed by atoms with Gasteiger partial charge in [0, 0.05) is 17.5 Å². The second-order valence-corrected chi connectivity index (χ2v) is 7.44. The summed E-state index contributed by atoms with van der Waals surface area (Å²) in [6.45, 7) is 6.05. The van der Waals surface area contributed by atoms with Gasteiger partial charge in [-0.05, 0) is 35.9 Å². The number of nitrogens with zero attached hydrogens (tertiary/aromatic N) is 3. The first-order valence-electron chi connectivity index (χ1n) is 8.89. The van der Waals surface area contributed by atoms with E-state index in [0.29, 0.717) is 5.57 Å². The van der Waals surface area contributed by atoms with Gasteiger partial charge in [0.05, 0.1) is 21.9 Å². The molecule has 0 atom stereocenters. The molecule has 0 aliphatic carbocycles. The largest absolute Gasteiger partial charge is 0.280 e. The summed E-state index contributed by atoms with van der Waals surface area (Å²) in [6.07, 6.45) is 5.32. The number of nitro groups is 1. The van der Waals surface area contributed by atoms with Gasteiger partial charge in [-0.25, -0.2) is 0 Å². The van der Waals surface area contributed by atoms with Crippen LogP contribution < -0.4 is 5.01 Å². The molecule has 28 heavy (non-hydrogen) atoms. The minimum Gasteiger partial charge on any atom is -0.267 e. The van der Waals surface area contributed by atoms with Crippen molar-refractivity contribution in [3.8, 4) is 0 Å². The van der Waals surface area contributed by atoms with Gasteiger partial charge in [-0.2, -0.15) is 10.1 Å². The van der Waals surface area contributed by atoms with Gasteiger partial charge in [-0.3, -0.25) is 14.9 Å². The van der Waals surface area contributed by atoms with E-state index in [1.807, 2.05) is 51.1 Å². The number of rotatable bonds is 4. The maximum Gasteiger partial charge on any atom is 0.280 e. The number of para-hydroxylation sites is 1. The number of benzene rings is 2. The Morgan fingerprint density at radius 1 is 1.04 bits per heavy atom. The molecule has 0 N–H and O–H groups in total. The van der Waals surface area contributed by atoms with E-state index < -0.39 is 4.92 Å². The Morgan fingerprint density at radius 3 is 2.25 bits per heavy atom. The van der Waals surface area contributed by atoms with E-state index in [2.05, 4.69) is 5.10 Å². The second kappa shape index (κ2) is 7.60. The van der Waals surface area contributed by atoms with Gasteiger partial charge in [0.15, 0.2) is 0 Å². The third-order valence-corrected chi connectivity index (χ3v) is 4.24. The zero-order chi connectivity index (χ0) is 20.3. The zero-order valence-corrected chi connectivity index (χ0v) is 16.0. The minimum absolute atomic E-state index is 0.0436. The van der Waals surface area contributed by atoms with Gasteiger partial charge in [0.1, 0.15) is 0 Å². The molecule has 6 heteroatoms. The summed E-state index contributed by atoms with van der Waals surface area (Å²) in [4.78, 5) is 23.3. The van der Waals surface area contributed by atoms with Crippen molar-refractivity contribution in [1.29, 1.82) is 0 Å². The lowest BCUT2D eigenvalue weighted by atomic mass is 9.85. The van der Waals surface area contributed by atoms with Crippen molar-refractivity contribution in [3.05, 3.63) is 88.0 Å². The Labute approximate surface area is 163 Å². The molecular weight excluding hydrogens is 354 g/mol. The van der Waals surface area contributed by atoms with Gasteiger partial charge in [0.25, 0.3) is 11.6 Å². The van der Waals surface area contributed by atoms with Crippen LogP contribution in [0.4, 0.5) is 11.4 Å². The normalized spacial score (nSPS) is 16.1. The number of hydrogen-bond donors (Lipinski definition) is 0. The van der Waals surface area contributed by atoms with Gasteiger partial charge in [0.2, 0.25) is 0 Å². The molecule has 1 aliphatic rings. The monoisotopic (exact) mass is 375 g/mol. The number of carbonyl (C=O) groups is 1. The van der Waals surface area contributed by atoms with Crippen LogP contribution in [0.2, 0.25) is 0 Å². The highest BCUT2D eigenvalue weighted by Crippen LogP contribution is 2.31. The number of hydrogen-bond acceptors (Lipinski definition) is 4. The van der Waals surface area contributed by atoms with Crippen LogP contribution >= 0.6 is 0 Å². The van der Waals surface area contributed by atoms with Crippen molar-refractivity contribution < 1.29 is 9.72 Å². The average molecular weight is 375 g/mol. The summed E-state index contributed by atoms with van der Waals surface area (Å²) < 4.78 is 0. The van der Waals surface area contributed by atoms with E-state index in [-0.39, 0.29) is 17.0 Å². The SMILES string of the molecule is CC(C)(C)C1=NN(c2ccccc2)C(=O)C1=CC=Cc1ccc([N+](=O)[O-])cc1. The van der Waals surface area contributed by atoms with Crippen molar-refractivity contribution in [2.45, 2.75) is 20.8 Å². The number of allylic oxidation sites excluding steroid dienone is 2. The Kier molecular flexibility index (Phi) is 5.22. The number of carbonyl (C=O) groups excluding carboxylic acids is 1. The molecular formula is C22H21N3O3. The number of non-ortho nitro benzene ring substituents is 1. The zero-order valence-electron chi connectivity index (χ0n) is 16.0.